The van der Waals surface area contributed by atoms with Gasteiger partial charge in [-0.25, -0.2) is 0 Å². The number of carboxylic acids is 1. The van der Waals surface area contributed by atoms with Crippen LogP contribution in [0, 0.1) is 0 Å². The van der Waals surface area contributed by atoms with Crippen molar-refractivity contribution in [2.45, 2.75) is 129 Å². The van der Waals surface area contributed by atoms with Gasteiger partial charge in [0.1, 0.15) is 0 Å². The van der Waals surface area contributed by atoms with Crippen molar-refractivity contribution in [3.05, 3.63) is 0 Å². The summed E-state index contributed by atoms with van der Waals surface area (Å²) in [6, 6.07) is 0. The summed E-state index contributed by atoms with van der Waals surface area (Å²) in [4.78, 5) is 10.4. The molecule has 0 saturated carbocycles. The van der Waals surface area contributed by atoms with Crippen LogP contribution in [0.2, 0.25) is 0 Å². The lowest BCUT2D eigenvalue weighted by molar-refractivity contribution is -0.137. The lowest BCUT2D eigenvalue weighted by Crippen LogP contribution is -1.94. The molecule has 0 aromatic heterocycles. The molecule has 0 aliphatic rings. The van der Waals surface area contributed by atoms with Gasteiger partial charge in [-0.2, -0.15) is 11.8 Å². The molecule has 0 aliphatic heterocycles. The van der Waals surface area contributed by atoms with E-state index in [1.54, 1.807) is 0 Å². The predicted octanol–water partition coefficient (Wildman–Crippen LogP) is 8.24. The van der Waals surface area contributed by atoms with Crippen molar-refractivity contribution < 1.29 is 9.90 Å². The number of thioether (sulfide) groups is 1. The molecule has 0 radical (unpaired) electrons. The van der Waals surface area contributed by atoms with Gasteiger partial charge in [-0.15, -0.1) is 0 Å². The minimum Gasteiger partial charge on any atom is -0.481 e. The Morgan fingerprint density at radius 2 is 0.923 bits per heavy atom. The van der Waals surface area contributed by atoms with E-state index in [0.717, 1.165) is 12.8 Å². The standard InChI is InChI=1S/C23H46O2S/c1-2-3-4-5-6-7-8-9-10-11-12-13-14-15-18-21-26-22-19-16-17-20-23(24)25/h2-22H2,1H3,(H,24,25). The van der Waals surface area contributed by atoms with Gasteiger partial charge in [-0.05, 0) is 30.8 Å². The van der Waals surface area contributed by atoms with Gasteiger partial charge in [0.2, 0.25) is 0 Å². The van der Waals surface area contributed by atoms with Crippen LogP contribution in [0.15, 0.2) is 0 Å². The molecule has 2 nitrogen and oxygen atoms in total. The Labute approximate surface area is 168 Å². The van der Waals surface area contributed by atoms with Gasteiger partial charge < -0.3 is 5.11 Å². The summed E-state index contributed by atoms with van der Waals surface area (Å²) in [6.45, 7) is 2.29. The monoisotopic (exact) mass is 386 g/mol. The Morgan fingerprint density at radius 3 is 1.31 bits per heavy atom. The molecular formula is C23H46O2S. The number of aliphatic carboxylic acids is 1. The zero-order valence-electron chi connectivity index (χ0n) is 17.6. The topological polar surface area (TPSA) is 37.3 Å². The lowest BCUT2D eigenvalue weighted by atomic mass is 10.0. The first-order valence-corrected chi connectivity index (χ1v) is 12.7. The van der Waals surface area contributed by atoms with Gasteiger partial charge >= 0.3 is 5.97 Å². The number of carbonyl (C=O) groups is 1. The zero-order valence-corrected chi connectivity index (χ0v) is 18.4. The van der Waals surface area contributed by atoms with Crippen molar-refractivity contribution in [2.24, 2.45) is 0 Å². The fourth-order valence-corrected chi connectivity index (χ4v) is 4.36. The summed E-state index contributed by atoms with van der Waals surface area (Å²) < 4.78 is 0. The zero-order chi connectivity index (χ0) is 19.1. The van der Waals surface area contributed by atoms with E-state index in [9.17, 15) is 4.79 Å². The number of unbranched alkanes of at least 4 members (excludes halogenated alkanes) is 16. The van der Waals surface area contributed by atoms with Crippen molar-refractivity contribution >= 4 is 17.7 Å². The molecule has 3 heteroatoms. The maximum absolute atomic E-state index is 10.4. The first kappa shape index (κ1) is 25.8. The largest absolute Gasteiger partial charge is 0.481 e. The van der Waals surface area contributed by atoms with Crippen LogP contribution in [0.1, 0.15) is 129 Å². The highest BCUT2D eigenvalue weighted by atomic mass is 32.2. The molecule has 0 spiro atoms. The van der Waals surface area contributed by atoms with E-state index in [-0.39, 0.29) is 0 Å². The number of hydrogen-bond donors (Lipinski definition) is 1. The minimum absolute atomic E-state index is 0.337. The summed E-state index contributed by atoms with van der Waals surface area (Å²) in [5, 5.41) is 8.57. The molecular weight excluding hydrogens is 340 g/mol. The normalized spacial score (nSPS) is 11.1. The molecule has 0 rings (SSSR count). The lowest BCUT2D eigenvalue weighted by Gasteiger charge is -2.04. The summed E-state index contributed by atoms with van der Waals surface area (Å²) in [7, 11) is 0. The second kappa shape index (κ2) is 22.9. The summed E-state index contributed by atoms with van der Waals surface area (Å²) in [6.07, 6.45) is 24.9. The van der Waals surface area contributed by atoms with Crippen LogP contribution in [-0.2, 0) is 4.79 Å². The minimum atomic E-state index is -0.657. The van der Waals surface area contributed by atoms with Gasteiger partial charge in [0, 0.05) is 6.42 Å². The third-order valence-electron chi connectivity index (χ3n) is 5.07. The fourth-order valence-electron chi connectivity index (χ4n) is 3.33. The first-order valence-electron chi connectivity index (χ1n) is 11.6. The van der Waals surface area contributed by atoms with E-state index >= 15 is 0 Å². The highest BCUT2D eigenvalue weighted by molar-refractivity contribution is 7.99. The molecule has 0 atom stereocenters. The molecule has 26 heavy (non-hydrogen) atoms. The average Bonchev–Trinajstić information content (AvgIpc) is 2.62. The molecule has 156 valence electrons. The van der Waals surface area contributed by atoms with Gasteiger partial charge in [-0.3, -0.25) is 4.79 Å². The van der Waals surface area contributed by atoms with Crippen LogP contribution in [0.5, 0.6) is 0 Å². The maximum atomic E-state index is 10.4. The van der Waals surface area contributed by atoms with Crippen LogP contribution < -0.4 is 0 Å². The highest BCUT2D eigenvalue weighted by Gasteiger charge is 1.97. The van der Waals surface area contributed by atoms with Crippen LogP contribution in [-0.4, -0.2) is 22.6 Å². The molecule has 0 unspecified atom stereocenters. The van der Waals surface area contributed by atoms with Crippen molar-refractivity contribution in [2.75, 3.05) is 11.5 Å². The molecule has 0 aromatic rings. The maximum Gasteiger partial charge on any atom is 0.303 e. The molecule has 0 amide bonds. The first-order chi connectivity index (χ1) is 12.8. The Balaban J connectivity index is 2.98. The molecule has 0 aromatic carbocycles. The van der Waals surface area contributed by atoms with Crippen molar-refractivity contribution in [3.8, 4) is 0 Å². The quantitative estimate of drug-likeness (QED) is 0.190. The number of carboxylic acid groups (broad SMARTS) is 1. The van der Waals surface area contributed by atoms with E-state index in [4.69, 9.17) is 5.11 Å². The Bertz CT molecular complexity index is 281. The van der Waals surface area contributed by atoms with Crippen molar-refractivity contribution in [3.63, 3.8) is 0 Å². The van der Waals surface area contributed by atoms with E-state index in [0.29, 0.717) is 6.42 Å². The summed E-state index contributed by atoms with van der Waals surface area (Å²) >= 11 is 2.05. The Morgan fingerprint density at radius 1 is 0.577 bits per heavy atom. The van der Waals surface area contributed by atoms with Crippen LogP contribution >= 0.6 is 11.8 Å². The van der Waals surface area contributed by atoms with Crippen LogP contribution in [0.25, 0.3) is 0 Å². The van der Waals surface area contributed by atoms with E-state index in [1.165, 1.54) is 114 Å². The predicted molar refractivity (Wildman–Crippen MR) is 118 cm³/mol. The number of rotatable bonds is 22. The number of hydrogen-bond acceptors (Lipinski definition) is 2. The van der Waals surface area contributed by atoms with E-state index in [1.807, 2.05) is 0 Å². The van der Waals surface area contributed by atoms with Gasteiger partial charge in [0.25, 0.3) is 0 Å². The molecule has 0 heterocycles. The molecule has 1 N–H and O–H groups in total. The molecule has 0 aliphatic carbocycles. The second-order valence-electron chi connectivity index (χ2n) is 7.77. The smallest absolute Gasteiger partial charge is 0.303 e. The van der Waals surface area contributed by atoms with Gasteiger partial charge in [-0.1, -0.05) is 103 Å². The van der Waals surface area contributed by atoms with Gasteiger partial charge in [0.15, 0.2) is 0 Å². The van der Waals surface area contributed by atoms with Gasteiger partial charge in [0.05, 0.1) is 0 Å². The Kier molecular flexibility index (Phi) is 22.7. The second-order valence-corrected chi connectivity index (χ2v) is 8.99. The van der Waals surface area contributed by atoms with E-state index in [2.05, 4.69) is 18.7 Å². The average molecular weight is 387 g/mol. The summed E-state index contributed by atoms with van der Waals surface area (Å²) in [5.41, 5.74) is 0. The summed E-state index contributed by atoms with van der Waals surface area (Å²) in [5.74, 6) is 1.84. The Hall–Kier alpha value is -0.180. The van der Waals surface area contributed by atoms with Crippen molar-refractivity contribution in [1.29, 1.82) is 0 Å². The third-order valence-corrected chi connectivity index (χ3v) is 6.23. The highest BCUT2D eigenvalue weighted by Crippen LogP contribution is 2.15. The molecule has 0 bridgehead atoms. The SMILES string of the molecule is CCCCCCCCCCCCCCCCCSCCCCCC(=O)O. The van der Waals surface area contributed by atoms with Crippen LogP contribution in [0.3, 0.4) is 0 Å². The third kappa shape index (κ3) is 23.8. The molecule has 0 saturated heterocycles. The van der Waals surface area contributed by atoms with Crippen molar-refractivity contribution in [1.82, 2.24) is 0 Å². The van der Waals surface area contributed by atoms with Crippen LogP contribution in [0.4, 0.5) is 0 Å². The fraction of sp³-hybridized carbons (Fsp3) is 0.957. The molecule has 0 fully saturated rings. The van der Waals surface area contributed by atoms with E-state index < -0.39 is 5.97 Å².